The van der Waals surface area contributed by atoms with Crippen LogP contribution in [0.15, 0.2) is 34.5 Å². The predicted molar refractivity (Wildman–Crippen MR) is 88.7 cm³/mol. The van der Waals surface area contributed by atoms with Crippen molar-refractivity contribution < 1.29 is 13.9 Å². The van der Waals surface area contributed by atoms with E-state index in [4.69, 9.17) is 4.74 Å². The van der Waals surface area contributed by atoms with Crippen LogP contribution in [0.2, 0.25) is 0 Å². The molecule has 4 nitrogen and oxygen atoms in total. The van der Waals surface area contributed by atoms with Crippen molar-refractivity contribution in [3.8, 4) is 5.75 Å². The number of hydrogen-bond acceptors (Lipinski definition) is 2. The number of hydrogen-bond donors (Lipinski definition) is 2. The lowest BCUT2D eigenvalue weighted by Crippen LogP contribution is -2.31. The maximum absolute atomic E-state index is 14.0. The van der Waals surface area contributed by atoms with Gasteiger partial charge in [-0.1, -0.05) is 28.9 Å². The lowest BCUT2D eigenvalue weighted by molar-refractivity contribution is 0.253. The topological polar surface area (TPSA) is 50.4 Å². The molecule has 0 radical (unpaired) electrons. The average molecular weight is 369 g/mol. The van der Waals surface area contributed by atoms with E-state index >= 15 is 0 Å². The highest BCUT2D eigenvalue weighted by Gasteiger charge is 2.17. The minimum atomic E-state index is -0.475. The first-order valence-electron chi connectivity index (χ1n) is 6.89. The summed E-state index contributed by atoms with van der Waals surface area (Å²) in [6.07, 6.45) is 4.61. The normalized spacial score (nSPS) is 17.4. The zero-order chi connectivity index (χ0) is 16.3. The van der Waals surface area contributed by atoms with Crippen LogP contribution in [-0.4, -0.2) is 13.1 Å². The Bertz CT molecular complexity index is 656. The summed E-state index contributed by atoms with van der Waals surface area (Å²) in [5, 5.41) is 5.47. The molecule has 0 aliphatic heterocycles. The fraction of sp³-hybridized carbons (Fsp3) is 0.312. The van der Waals surface area contributed by atoms with Crippen LogP contribution in [0.1, 0.15) is 18.9 Å². The van der Waals surface area contributed by atoms with Gasteiger partial charge in [-0.05, 0) is 36.0 Å². The van der Waals surface area contributed by atoms with E-state index in [1.54, 1.807) is 13.0 Å². The lowest BCUT2D eigenvalue weighted by atomic mass is 9.99. The number of anilines is 1. The molecule has 0 bridgehead atoms. The van der Waals surface area contributed by atoms with Gasteiger partial charge >= 0.3 is 6.03 Å². The smallest absolute Gasteiger partial charge is 0.323 e. The molecule has 0 heterocycles. The Morgan fingerprint density at radius 1 is 1.36 bits per heavy atom. The first-order valence-corrected chi connectivity index (χ1v) is 7.69. The molecule has 2 rings (SSSR count). The van der Waals surface area contributed by atoms with Crippen molar-refractivity contribution in [3.05, 3.63) is 45.8 Å². The standard InChI is InChI=1S/C16H18BrFN2O2/c1-9-8-11(17)4-5-12(9)19-16(21)20-13-6-7-14(22-3)15(18)10(13)2/h4-7,9H,8H2,1-3H3,(H2,19,20,21). The SMILES string of the molecule is COc1ccc(NC(=O)NC2=CC=C(Br)CC2C)c(C)c1F. The van der Waals surface area contributed by atoms with Gasteiger partial charge in [-0.25, -0.2) is 9.18 Å². The monoisotopic (exact) mass is 368 g/mol. The Labute approximate surface area is 137 Å². The van der Waals surface area contributed by atoms with Gasteiger partial charge in [0.05, 0.1) is 7.11 Å². The Hall–Kier alpha value is -1.82. The van der Waals surface area contributed by atoms with Crippen LogP contribution >= 0.6 is 15.9 Å². The third kappa shape index (κ3) is 3.68. The van der Waals surface area contributed by atoms with Gasteiger partial charge in [-0.15, -0.1) is 0 Å². The van der Waals surface area contributed by atoms with E-state index in [2.05, 4.69) is 26.6 Å². The summed E-state index contributed by atoms with van der Waals surface area (Å²) in [6.45, 7) is 3.62. The second-order valence-corrected chi connectivity index (χ2v) is 6.19. The van der Waals surface area contributed by atoms with E-state index in [0.29, 0.717) is 11.3 Å². The molecule has 1 aliphatic carbocycles. The Balaban J connectivity index is 2.09. The summed E-state index contributed by atoms with van der Waals surface area (Å²) in [7, 11) is 1.40. The van der Waals surface area contributed by atoms with Crippen LogP contribution in [0.4, 0.5) is 14.9 Å². The minimum absolute atomic E-state index is 0.155. The molecule has 6 heteroatoms. The predicted octanol–water partition coefficient (Wildman–Crippen LogP) is 4.47. The van der Waals surface area contributed by atoms with Gasteiger partial charge < -0.3 is 15.4 Å². The van der Waals surface area contributed by atoms with Crippen LogP contribution < -0.4 is 15.4 Å². The van der Waals surface area contributed by atoms with E-state index in [9.17, 15) is 9.18 Å². The van der Waals surface area contributed by atoms with E-state index < -0.39 is 11.8 Å². The maximum atomic E-state index is 14.0. The highest BCUT2D eigenvalue weighted by atomic mass is 79.9. The molecule has 1 aromatic rings. The van der Waals surface area contributed by atoms with Gasteiger partial charge in [0.1, 0.15) is 0 Å². The van der Waals surface area contributed by atoms with E-state index in [0.717, 1.165) is 16.6 Å². The highest BCUT2D eigenvalue weighted by molar-refractivity contribution is 9.11. The molecule has 118 valence electrons. The number of methoxy groups -OCH3 is 1. The van der Waals surface area contributed by atoms with Crippen LogP contribution in [0.25, 0.3) is 0 Å². The Kier molecular flexibility index (Phi) is 5.24. The molecule has 0 saturated heterocycles. The van der Waals surface area contributed by atoms with Crippen molar-refractivity contribution in [3.63, 3.8) is 0 Å². The summed E-state index contributed by atoms with van der Waals surface area (Å²) in [5.74, 6) is -0.113. The Morgan fingerprint density at radius 3 is 2.73 bits per heavy atom. The molecule has 0 saturated carbocycles. The molecule has 1 atom stereocenters. The molecule has 0 fully saturated rings. The maximum Gasteiger partial charge on any atom is 0.323 e. The molecular formula is C16H18BrFN2O2. The van der Waals surface area contributed by atoms with Gasteiger partial charge in [-0.3, -0.25) is 0 Å². The zero-order valence-corrected chi connectivity index (χ0v) is 14.3. The summed E-state index contributed by atoms with van der Waals surface area (Å²) < 4.78 is 20.0. The summed E-state index contributed by atoms with van der Waals surface area (Å²) in [6, 6.07) is 2.71. The Morgan fingerprint density at radius 2 is 2.09 bits per heavy atom. The quantitative estimate of drug-likeness (QED) is 0.826. The molecule has 2 amide bonds. The fourth-order valence-corrected chi connectivity index (χ4v) is 2.84. The van der Waals surface area contributed by atoms with Gasteiger partial charge in [0, 0.05) is 22.9 Å². The van der Waals surface area contributed by atoms with E-state index in [-0.39, 0.29) is 11.7 Å². The molecule has 1 aromatic carbocycles. The molecule has 0 spiro atoms. The first-order chi connectivity index (χ1) is 10.4. The summed E-state index contributed by atoms with van der Waals surface area (Å²) in [5.41, 5.74) is 1.58. The largest absolute Gasteiger partial charge is 0.494 e. The van der Waals surface area contributed by atoms with Crippen molar-refractivity contribution >= 4 is 27.6 Å². The van der Waals surface area contributed by atoms with Crippen LogP contribution in [-0.2, 0) is 0 Å². The summed E-state index contributed by atoms with van der Waals surface area (Å²) in [4.78, 5) is 12.1. The average Bonchev–Trinajstić information content (AvgIpc) is 2.47. The van der Waals surface area contributed by atoms with Crippen LogP contribution in [0.5, 0.6) is 5.75 Å². The van der Waals surface area contributed by atoms with Crippen molar-refractivity contribution in [2.45, 2.75) is 20.3 Å². The number of ether oxygens (including phenoxy) is 1. The number of nitrogens with one attached hydrogen (secondary N) is 2. The number of allylic oxidation sites excluding steroid dienone is 4. The van der Waals surface area contributed by atoms with E-state index in [1.807, 2.05) is 19.1 Å². The number of carbonyl (C=O) groups is 1. The third-order valence-electron chi connectivity index (χ3n) is 3.55. The summed E-state index contributed by atoms with van der Waals surface area (Å²) >= 11 is 3.44. The molecule has 1 aliphatic rings. The van der Waals surface area contributed by atoms with Crippen molar-refractivity contribution in [2.75, 3.05) is 12.4 Å². The molecule has 22 heavy (non-hydrogen) atoms. The second kappa shape index (κ2) is 6.96. The van der Waals surface area contributed by atoms with Gasteiger partial charge in [0.15, 0.2) is 11.6 Å². The van der Waals surface area contributed by atoms with Crippen LogP contribution in [0.3, 0.4) is 0 Å². The fourth-order valence-electron chi connectivity index (χ4n) is 2.22. The van der Waals surface area contributed by atoms with Gasteiger partial charge in [-0.2, -0.15) is 0 Å². The van der Waals surface area contributed by atoms with Gasteiger partial charge in [0.25, 0.3) is 0 Å². The number of urea groups is 1. The van der Waals surface area contributed by atoms with Crippen molar-refractivity contribution in [1.29, 1.82) is 0 Å². The molecular weight excluding hydrogens is 351 g/mol. The minimum Gasteiger partial charge on any atom is -0.494 e. The first kappa shape index (κ1) is 16.5. The molecule has 2 N–H and O–H groups in total. The number of halogens is 2. The highest BCUT2D eigenvalue weighted by Crippen LogP contribution is 2.28. The number of amides is 2. The van der Waals surface area contributed by atoms with Crippen molar-refractivity contribution in [1.82, 2.24) is 5.32 Å². The van der Waals surface area contributed by atoms with Crippen LogP contribution in [0, 0.1) is 18.7 Å². The lowest BCUT2D eigenvalue weighted by Gasteiger charge is -2.20. The molecule has 0 aromatic heterocycles. The molecule has 1 unspecified atom stereocenters. The van der Waals surface area contributed by atoms with Crippen molar-refractivity contribution in [2.24, 2.45) is 5.92 Å². The van der Waals surface area contributed by atoms with Gasteiger partial charge in [0.2, 0.25) is 0 Å². The van der Waals surface area contributed by atoms with E-state index in [1.165, 1.54) is 13.2 Å². The number of carbonyl (C=O) groups excluding carboxylic acids is 1. The number of rotatable bonds is 3. The number of benzene rings is 1. The second-order valence-electron chi connectivity index (χ2n) is 5.17. The third-order valence-corrected chi connectivity index (χ3v) is 4.14. The zero-order valence-electron chi connectivity index (χ0n) is 12.7.